The second-order valence-corrected chi connectivity index (χ2v) is 4.04. The van der Waals surface area contributed by atoms with Crippen LogP contribution in [-0.4, -0.2) is 18.0 Å². The van der Waals surface area contributed by atoms with Gasteiger partial charge in [-0.1, -0.05) is 0 Å². The molecule has 4 heteroatoms. The van der Waals surface area contributed by atoms with Gasteiger partial charge in [-0.05, 0) is 37.1 Å². The molecule has 15 heavy (non-hydrogen) atoms. The number of rotatable bonds is 3. The zero-order valence-corrected chi connectivity index (χ0v) is 8.66. The quantitative estimate of drug-likeness (QED) is 0.676. The van der Waals surface area contributed by atoms with Crippen LogP contribution in [0.15, 0.2) is 18.2 Å². The molecule has 0 saturated heterocycles. The van der Waals surface area contributed by atoms with Gasteiger partial charge in [0.25, 0.3) is 0 Å². The average Bonchev–Trinajstić information content (AvgIpc) is 2.81. The van der Waals surface area contributed by atoms with Crippen LogP contribution in [0.4, 0.5) is 5.69 Å². The molecule has 1 aromatic rings. The van der Waals surface area contributed by atoms with Crippen molar-refractivity contribution in [3.05, 3.63) is 29.3 Å². The Bertz CT molecular complexity index is 403. The lowest BCUT2D eigenvalue weighted by Crippen LogP contribution is -2.15. The van der Waals surface area contributed by atoms with Crippen molar-refractivity contribution in [2.24, 2.45) is 11.5 Å². The van der Waals surface area contributed by atoms with Crippen LogP contribution in [0.25, 0.3) is 0 Å². The highest BCUT2D eigenvalue weighted by atomic mass is 16.1. The van der Waals surface area contributed by atoms with Gasteiger partial charge in [0.1, 0.15) is 0 Å². The lowest BCUT2D eigenvalue weighted by Gasteiger charge is -2.08. The zero-order valence-electron chi connectivity index (χ0n) is 8.66. The number of carbonyl (C=O) groups excluding carboxylic acids is 1. The number of aryl methyl sites for hydroxylation is 1. The Morgan fingerprint density at radius 3 is 2.67 bits per heavy atom. The summed E-state index contributed by atoms with van der Waals surface area (Å²) in [5, 5.41) is 3.30. The summed E-state index contributed by atoms with van der Waals surface area (Å²) in [6.45, 7) is 1.87. The highest BCUT2D eigenvalue weighted by molar-refractivity contribution is 5.94. The van der Waals surface area contributed by atoms with Crippen molar-refractivity contribution in [2.75, 3.05) is 5.32 Å². The van der Waals surface area contributed by atoms with Gasteiger partial charge in [0.2, 0.25) is 5.91 Å². The van der Waals surface area contributed by atoms with E-state index in [4.69, 9.17) is 11.5 Å². The van der Waals surface area contributed by atoms with E-state index in [1.165, 1.54) is 0 Å². The van der Waals surface area contributed by atoms with Crippen LogP contribution < -0.4 is 16.8 Å². The Balaban J connectivity index is 2.14. The Morgan fingerprint density at radius 1 is 1.53 bits per heavy atom. The molecule has 2 atom stereocenters. The first kappa shape index (κ1) is 9.98. The van der Waals surface area contributed by atoms with Crippen molar-refractivity contribution in [1.82, 2.24) is 0 Å². The van der Waals surface area contributed by atoms with Gasteiger partial charge in [0.05, 0.1) is 0 Å². The van der Waals surface area contributed by atoms with Crippen molar-refractivity contribution in [3.8, 4) is 0 Å². The van der Waals surface area contributed by atoms with Crippen molar-refractivity contribution >= 4 is 11.6 Å². The van der Waals surface area contributed by atoms with Crippen molar-refractivity contribution < 1.29 is 4.79 Å². The maximum absolute atomic E-state index is 11.0. The molecule has 80 valence electrons. The lowest BCUT2D eigenvalue weighted by molar-refractivity contribution is 0.1000. The van der Waals surface area contributed by atoms with E-state index in [9.17, 15) is 4.79 Å². The Morgan fingerprint density at radius 2 is 2.20 bits per heavy atom. The lowest BCUT2D eigenvalue weighted by atomic mass is 10.1. The molecule has 4 nitrogen and oxygen atoms in total. The average molecular weight is 205 g/mol. The number of hydrogen-bond donors (Lipinski definition) is 3. The van der Waals surface area contributed by atoms with Crippen LogP contribution in [0.5, 0.6) is 0 Å². The number of amides is 1. The molecule has 1 aliphatic carbocycles. The van der Waals surface area contributed by atoms with Gasteiger partial charge < -0.3 is 16.8 Å². The van der Waals surface area contributed by atoms with Gasteiger partial charge in [-0.15, -0.1) is 0 Å². The molecular weight excluding hydrogens is 190 g/mol. The Hall–Kier alpha value is -1.55. The number of nitrogens with one attached hydrogen (secondary N) is 1. The second-order valence-electron chi connectivity index (χ2n) is 4.04. The molecule has 0 bridgehead atoms. The number of anilines is 1. The monoisotopic (exact) mass is 205 g/mol. The van der Waals surface area contributed by atoms with Crippen molar-refractivity contribution in [3.63, 3.8) is 0 Å². The minimum absolute atomic E-state index is 0.265. The molecule has 1 amide bonds. The molecular formula is C11H15N3O. The summed E-state index contributed by atoms with van der Waals surface area (Å²) in [7, 11) is 0. The highest BCUT2D eigenvalue weighted by Crippen LogP contribution is 2.24. The topological polar surface area (TPSA) is 81.1 Å². The molecule has 0 aliphatic heterocycles. The molecule has 2 rings (SSSR count). The summed E-state index contributed by atoms with van der Waals surface area (Å²) in [5.41, 5.74) is 13.4. The summed E-state index contributed by atoms with van der Waals surface area (Å²) >= 11 is 0. The minimum atomic E-state index is -0.387. The fraction of sp³-hybridized carbons (Fsp3) is 0.364. The minimum Gasteiger partial charge on any atom is -0.381 e. The van der Waals surface area contributed by atoms with Crippen LogP contribution in [-0.2, 0) is 0 Å². The molecule has 2 unspecified atom stereocenters. The molecule has 5 N–H and O–H groups in total. The van der Waals surface area contributed by atoms with Gasteiger partial charge in [0, 0.05) is 23.3 Å². The predicted octanol–water partition coefficient (Wildman–Crippen LogP) is 0.605. The largest absolute Gasteiger partial charge is 0.381 e. The number of benzene rings is 1. The van der Waals surface area contributed by atoms with E-state index in [-0.39, 0.29) is 11.9 Å². The maximum Gasteiger partial charge on any atom is 0.248 e. The van der Waals surface area contributed by atoms with Crippen LogP contribution >= 0.6 is 0 Å². The van der Waals surface area contributed by atoms with Crippen LogP contribution in [0.3, 0.4) is 0 Å². The molecule has 1 aromatic carbocycles. The fourth-order valence-electron chi connectivity index (χ4n) is 1.62. The van der Waals surface area contributed by atoms with E-state index in [1.54, 1.807) is 6.07 Å². The van der Waals surface area contributed by atoms with E-state index < -0.39 is 0 Å². The number of carbonyl (C=O) groups is 1. The SMILES string of the molecule is Cc1cc(NC2CC2N)ccc1C(N)=O. The Kier molecular flexibility index (Phi) is 2.36. The number of primary amides is 1. The smallest absolute Gasteiger partial charge is 0.248 e. The van der Waals surface area contributed by atoms with Gasteiger partial charge in [0.15, 0.2) is 0 Å². The molecule has 1 fully saturated rings. The van der Waals surface area contributed by atoms with E-state index in [2.05, 4.69) is 5.32 Å². The van der Waals surface area contributed by atoms with Gasteiger partial charge in [-0.25, -0.2) is 0 Å². The van der Waals surface area contributed by atoms with E-state index in [0.29, 0.717) is 11.6 Å². The predicted molar refractivity (Wildman–Crippen MR) is 59.7 cm³/mol. The fourth-order valence-corrected chi connectivity index (χ4v) is 1.62. The van der Waals surface area contributed by atoms with Crippen molar-refractivity contribution in [2.45, 2.75) is 25.4 Å². The molecule has 0 spiro atoms. The van der Waals surface area contributed by atoms with Gasteiger partial charge >= 0.3 is 0 Å². The number of nitrogens with two attached hydrogens (primary N) is 2. The van der Waals surface area contributed by atoms with Crippen molar-refractivity contribution in [1.29, 1.82) is 0 Å². The van der Waals surface area contributed by atoms with Crippen LogP contribution in [0.2, 0.25) is 0 Å². The summed E-state index contributed by atoms with van der Waals surface area (Å²) < 4.78 is 0. The zero-order chi connectivity index (χ0) is 11.0. The van der Waals surface area contributed by atoms with Crippen LogP contribution in [0.1, 0.15) is 22.3 Å². The summed E-state index contributed by atoms with van der Waals surface area (Å²) in [6, 6.07) is 6.17. The third kappa shape index (κ3) is 2.10. The second kappa shape index (κ2) is 3.55. The standard InChI is InChI=1S/C11H15N3O/c1-6-4-7(14-10-5-9(10)12)2-3-8(6)11(13)15/h2-4,9-10,14H,5,12H2,1H3,(H2,13,15). The molecule has 0 radical (unpaired) electrons. The summed E-state index contributed by atoms with van der Waals surface area (Å²) in [4.78, 5) is 11.0. The normalized spacial score (nSPS) is 23.6. The van der Waals surface area contributed by atoms with Crippen LogP contribution in [0, 0.1) is 6.92 Å². The molecule has 0 heterocycles. The first-order chi connectivity index (χ1) is 7.08. The first-order valence-corrected chi connectivity index (χ1v) is 5.00. The number of hydrogen-bond acceptors (Lipinski definition) is 3. The molecule has 1 aliphatic rings. The first-order valence-electron chi connectivity index (χ1n) is 5.00. The molecule has 0 aromatic heterocycles. The van der Waals surface area contributed by atoms with Gasteiger partial charge in [-0.3, -0.25) is 4.79 Å². The summed E-state index contributed by atoms with van der Waals surface area (Å²) in [6.07, 6.45) is 1.01. The van der Waals surface area contributed by atoms with E-state index in [0.717, 1.165) is 17.7 Å². The van der Waals surface area contributed by atoms with E-state index in [1.807, 2.05) is 19.1 Å². The molecule has 1 saturated carbocycles. The third-order valence-corrected chi connectivity index (χ3v) is 2.68. The van der Waals surface area contributed by atoms with E-state index >= 15 is 0 Å². The maximum atomic E-state index is 11.0. The van der Waals surface area contributed by atoms with Gasteiger partial charge in [-0.2, -0.15) is 0 Å². The highest BCUT2D eigenvalue weighted by Gasteiger charge is 2.33. The summed E-state index contributed by atoms with van der Waals surface area (Å²) in [5.74, 6) is -0.387. The Labute approximate surface area is 88.6 Å². The third-order valence-electron chi connectivity index (χ3n) is 2.68.